The maximum absolute atomic E-state index is 12.4. The van der Waals surface area contributed by atoms with E-state index in [0.29, 0.717) is 5.02 Å². The Morgan fingerprint density at radius 2 is 1.96 bits per heavy atom. The summed E-state index contributed by atoms with van der Waals surface area (Å²) in [4.78, 5) is 14.7. The Bertz CT molecular complexity index is 758. The summed E-state index contributed by atoms with van der Waals surface area (Å²) < 4.78 is 25.4. The predicted octanol–water partition coefficient (Wildman–Crippen LogP) is 2.90. The third kappa shape index (κ3) is 5.52. The second kappa shape index (κ2) is 8.38. The highest BCUT2D eigenvalue weighted by Crippen LogP contribution is 2.32. The van der Waals surface area contributed by atoms with E-state index in [9.17, 15) is 13.2 Å². The van der Waals surface area contributed by atoms with Gasteiger partial charge < -0.3 is 4.90 Å². The van der Waals surface area contributed by atoms with Crippen LogP contribution in [0.15, 0.2) is 18.2 Å². The molecule has 1 N–H and O–H groups in total. The molecule has 0 saturated carbocycles. The number of halogens is 1. The second-order valence-electron chi connectivity index (χ2n) is 7.61. The average Bonchev–Trinajstić information content (AvgIpc) is 2.55. The first-order valence-electron chi connectivity index (χ1n) is 8.98. The van der Waals surface area contributed by atoms with E-state index >= 15 is 0 Å². The summed E-state index contributed by atoms with van der Waals surface area (Å²) in [5.74, 6) is 0.146. The Morgan fingerprint density at radius 1 is 1.35 bits per heavy atom. The monoisotopic (exact) mass is 400 g/mol. The molecular formula is C19H29ClN2O3S. The van der Waals surface area contributed by atoms with Gasteiger partial charge in [-0.3, -0.25) is 4.79 Å². The number of nitrogens with one attached hydrogen (secondary N) is 1. The van der Waals surface area contributed by atoms with Gasteiger partial charge in [0.15, 0.2) is 0 Å². The number of ketones is 1. The number of aryl methyl sites for hydroxylation is 1. The summed E-state index contributed by atoms with van der Waals surface area (Å²) >= 11 is 6.13. The minimum Gasteiger partial charge on any atom is -0.303 e. The zero-order valence-corrected chi connectivity index (χ0v) is 17.6. The molecule has 0 aliphatic carbocycles. The highest BCUT2D eigenvalue weighted by molar-refractivity contribution is 7.88. The molecule has 0 aromatic heterocycles. The highest BCUT2D eigenvalue weighted by atomic mass is 35.5. The molecule has 0 bridgehead atoms. The van der Waals surface area contributed by atoms with Crippen molar-refractivity contribution in [3.8, 4) is 0 Å². The third-order valence-electron chi connectivity index (χ3n) is 5.47. The summed E-state index contributed by atoms with van der Waals surface area (Å²) in [6.07, 6.45) is 3.52. The number of hydrogen-bond donors (Lipinski definition) is 1. The van der Waals surface area contributed by atoms with Crippen LogP contribution in [0.5, 0.6) is 0 Å². The van der Waals surface area contributed by atoms with Gasteiger partial charge in [-0.15, -0.1) is 0 Å². The number of benzene rings is 1. The molecule has 2 rings (SSSR count). The number of carbonyl (C=O) groups excluding carboxylic acids is 1. The lowest BCUT2D eigenvalue weighted by atomic mass is 9.75. The fraction of sp³-hybridized carbons (Fsp3) is 0.632. The standard InChI is InChI=1S/C19H29ClN2O3S/c1-14-13-16(5-6-18(14)20)19(3,15(2)23)9-12-22-10-7-17(8-11-22)21-26(4,24)25/h5-6,13,17,21H,7-12H2,1-4H3. The van der Waals surface area contributed by atoms with Gasteiger partial charge in [-0.25, -0.2) is 13.1 Å². The van der Waals surface area contributed by atoms with E-state index in [-0.39, 0.29) is 11.8 Å². The van der Waals surface area contributed by atoms with Crippen molar-refractivity contribution in [2.24, 2.45) is 0 Å². The van der Waals surface area contributed by atoms with Crippen LogP contribution >= 0.6 is 11.6 Å². The van der Waals surface area contributed by atoms with Crippen LogP contribution in [-0.4, -0.2) is 51.0 Å². The van der Waals surface area contributed by atoms with Gasteiger partial charge >= 0.3 is 0 Å². The van der Waals surface area contributed by atoms with Gasteiger partial charge in [-0.05, 0) is 76.9 Å². The fourth-order valence-corrected chi connectivity index (χ4v) is 4.43. The fourth-order valence-electron chi connectivity index (χ4n) is 3.47. The van der Waals surface area contributed by atoms with Gasteiger partial charge in [0.2, 0.25) is 10.0 Å². The van der Waals surface area contributed by atoms with Gasteiger partial charge in [0.1, 0.15) is 5.78 Å². The molecule has 1 aliphatic heterocycles. The summed E-state index contributed by atoms with van der Waals surface area (Å²) in [5.41, 5.74) is 1.43. The van der Waals surface area contributed by atoms with Crippen LogP contribution in [0.4, 0.5) is 0 Å². The molecule has 7 heteroatoms. The molecular weight excluding hydrogens is 372 g/mol. The van der Waals surface area contributed by atoms with E-state index in [1.54, 1.807) is 6.92 Å². The van der Waals surface area contributed by atoms with Crippen molar-refractivity contribution >= 4 is 27.4 Å². The van der Waals surface area contributed by atoms with Gasteiger partial charge in [0.25, 0.3) is 0 Å². The molecule has 146 valence electrons. The number of carbonyl (C=O) groups is 1. The summed E-state index contributed by atoms with van der Waals surface area (Å²) in [6.45, 7) is 8.07. The van der Waals surface area contributed by atoms with Gasteiger partial charge in [0, 0.05) is 11.1 Å². The summed E-state index contributed by atoms with van der Waals surface area (Å²) in [6, 6.07) is 5.82. The Labute approximate surface area is 162 Å². The third-order valence-corrected chi connectivity index (χ3v) is 6.65. The van der Waals surface area contributed by atoms with Crippen molar-refractivity contribution in [2.45, 2.75) is 51.5 Å². The molecule has 1 aliphatic rings. The van der Waals surface area contributed by atoms with E-state index < -0.39 is 15.4 Å². The normalized spacial score (nSPS) is 19.3. The lowest BCUT2D eigenvalue weighted by molar-refractivity contribution is -0.122. The Balaban J connectivity index is 1.99. The van der Waals surface area contributed by atoms with E-state index in [2.05, 4.69) is 9.62 Å². The minimum absolute atomic E-state index is 0.0133. The smallest absolute Gasteiger partial charge is 0.208 e. The predicted molar refractivity (Wildman–Crippen MR) is 106 cm³/mol. The first kappa shape index (κ1) is 21.4. The molecule has 1 unspecified atom stereocenters. The summed E-state index contributed by atoms with van der Waals surface area (Å²) in [5, 5.41) is 0.708. The number of rotatable bonds is 7. The van der Waals surface area contributed by atoms with Crippen molar-refractivity contribution in [1.29, 1.82) is 0 Å². The molecule has 1 saturated heterocycles. The van der Waals surface area contributed by atoms with Crippen molar-refractivity contribution in [3.63, 3.8) is 0 Å². The number of Topliss-reactive ketones (excluding diaryl/α,β-unsaturated/α-hetero) is 1. The lowest BCUT2D eigenvalue weighted by Crippen LogP contribution is -2.45. The van der Waals surface area contributed by atoms with Crippen molar-refractivity contribution < 1.29 is 13.2 Å². The van der Waals surface area contributed by atoms with Crippen LogP contribution in [0.3, 0.4) is 0 Å². The quantitative estimate of drug-likeness (QED) is 0.764. The van der Waals surface area contributed by atoms with Gasteiger partial charge in [0.05, 0.1) is 11.7 Å². The second-order valence-corrected chi connectivity index (χ2v) is 9.80. The van der Waals surface area contributed by atoms with Gasteiger partial charge in [-0.2, -0.15) is 0 Å². The molecule has 5 nitrogen and oxygen atoms in total. The Hall–Kier alpha value is -0.950. The van der Waals surface area contributed by atoms with E-state index in [0.717, 1.165) is 50.0 Å². The SMILES string of the molecule is CC(=O)C(C)(CCN1CCC(NS(C)(=O)=O)CC1)c1ccc(Cl)c(C)c1. The van der Waals surface area contributed by atoms with Crippen LogP contribution in [0, 0.1) is 6.92 Å². The molecule has 1 aromatic carbocycles. The molecule has 0 spiro atoms. The van der Waals surface area contributed by atoms with Crippen LogP contribution in [0.25, 0.3) is 0 Å². The van der Waals surface area contributed by atoms with Crippen molar-refractivity contribution in [3.05, 3.63) is 34.3 Å². The van der Waals surface area contributed by atoms with E-state index in [1.807, 2.05) is 32.0 Å². The molecule has 0 amide bonds. The number of hydrogen-bond acceptors (Lipinski definition) is 4. The molecule has 1 aromatic rings. The average molecular weight is 401 g/mol. The lowest BCUT2D eigenvalue weighted by Gasteiger charge is -2.35. The van der Waals surface area contributed by atoms with E-state index in [4.69, 9.17) is 11.6 Å². The number of piperidine rings is 1. The Kier molecular flexibility index (Phi) is 6.88. The highest BCUT2D eigenvalue weighted by Gasteiger charge is 2.33. The number of likely N-dealkylation sites (tertiary alicyclic amines) is 1. The molecule has 1 fully saturated rings. The van der Waals surface area contributed by atoms with Crippen LogP contribution in [0.1, 0.15) is 44.2 Å². The maximum atomic E-state index is 12.4. The van der Waals surface area contributed by atoms with E-state index in [1.165, 1.54) is 6.26 Å². The first-order chi connectivity index (χ1) is 12.0. The molecule has 1 heterocycles. The molecule has 26 heavy (non-hydrogen) atoms. The first-order valence-corrected chi connectivity index (χ1v) is 11.3. The number of nitrogens with zero attached hydrogens (tertiary/aromatic N) is 1. The zero-order valence-electron chi connectivity index (χ0n) is 16.0. The minimum atomic E-state index is -3.16. The summed E-state index contributed by atoms with van der Waals surface area (Å²) in [7, 11) is -3.16. The topological polar surface area (TPSA) is 66.5 Å². The van der Waals surface area contributed by atoms with Gasteiger partial charge in [-0.1, -0.05) is 23.7 Å². The molecule has 1 atom stereocenters. The molecule has 0 radical (unpaired) electrons. The number of sulfonamides is 1. The largest absolute Gasteiger partial charge is 0.303 e. The van der Waals surface area contributed by atoms with Crippen molar-refractivity contribution in [2.75, 3.05) is 25.9 Å². The maximum Gasteiger partial charge on any atom is 0.208 e. The van der Waals surface area contributed by atoms with Crippen LogP contribution in [-0.2, 0) is 20.2 Å². The Morgan fingerprint density at radius 3 is 2.46 bits per heavy atom. The van der Waals surface area contributed by atoms with Crippen LogP contribution in [0.2, 0.25) is 5.02 Å². The zero-order chi connectivity index (χ0) is 19.5. The van der Waals surface area contributed by atoms with Crippen LogP contribution < -0.4 is 4.72 Å². The van der Waals surface area contributed by atoms with Crippen molar-refractivity contribution in [1.82, 2.24) is 9.62 Å².